The molecule has 1 amide bonds. The number of nitrogens with one attached hydrogen (secondary N) is 1. The third-order valence-electron chi connectivity index (χ3n) is 3.44. The molecule has 5 nitrogen and oxygen atoms in total. The highest BCUT2D eigenvalue weighted by Gasteiger charge is 2.10. The largest absolute Gasteiger partial charge is 0.339 e. The number of halogens is 1. The molecule has 0 bridgehead atoms. The molecule has 0 fully saturated rings. The number of aryl methyl sites for hydroxylation is 1. The van der Waals surface area contributed by atoms with E-state index in [0.717, 1.165) is 5.56 Å². The van der Waals surface area contributed by atoms with Gasteiger partial charge in [-0.1, -0.05) is 47.6 Å². The summed E-state index contributed by atoms with van der Waals surface area (Å²) in [5, 5.41) is 6.47. The molecule has 3 rings (SSSR count). The summed E-state index contributed by atoms with van der Waals surface area (Å²) in [6.45, 7) is 0. The van der Waals surface area contributed by atoms with Gasteiger partial charge >= 0.3 is 0 Å². The fourth-order valence-corrected chi connectivity index (χ4v) is 2.24. The molecule has 1 N–H and O–H groups in total. The van der Waals surface area contributed by atoms with Gasteiger partial charge in [0.15, 0.2) is 0 Å². The third kappa shape index (κ3) is 4.04. The minimum atomic E-state index is -0.449. The Kier molecular flexibility index (Phi) is 4.96. The quantitative estimate of drug-likeness (QED) is 0.748. The molecule has 0 saturated carbocycles. The predicted molar refractivity (Wildman–Crippen MR) is 87.7 cm³/mol. The highest BCUT2D eigenvalue weighted by molar-refractivity contribution is 5.90. The van der Waals surface area contributed by atoms with E-state index in [1.165, 1.54) is 12.1 Å². The number of anilines is 1. The first kappa shape index (κ1) is 15.9. The molecule has 0 aliphatic heterocycles. The molecule has 0 atom stereocenters. The van der Waals surface area contributed by atoms with E-state index in [1.807, 2.05) is 30.3 Å². The smallest absolute Gasteiger partial charge is 0.226 e. The number of para-hydroxylation sites is 1. The summed E-state index contributed by atoms with van der Waals surface area (Å²) in [4.78, 5) is 16.1. The molecular weight excluding hydrogens is 309 g/mol. The average molecular weight is 325 g/mol. The number of carbonyl (C=O) groups is 1. The Morgan fingerprint density at radius 1 is 1.08 bits per heavy atom. The zero-order chi connectivity index (χ0) is 16.8. The number of amides is 1. The number of benzene rings is 2. The number of nitrogens with zero attached hydrogens (tertiary/aromatic N) is 2. The summed E-state index contributed by atoms with van der Waals surface area (Å²) in [5.74, 6) is 0.312. The summed E-state index contributed by atoms with van der Waals surface area (Å²) in [6.07, 6.45) is 1.28. The summed E-state index contributed by atoms with van der Waals surface area (Å²) in [6, 6.07) is 15.6. The molecule has 0 aliphatic rings. The summed E-state index contributed by atoms with van der Waals surface area (Å²) >= 11 is 0. The first-order valence-corrected chi connectivity index (χ1v) is 7.65. The zero-order valence-electron chi connectivity index (χ0n) is 12.9. The number of hydrogen-bond acceptors (Lipinski definition) is 4. The molecule has 0 saturated heterocycles. The molecule has 0 spiro atoms. The molecule has 3 aromatic rings. The van der Waals surface area contributed by atoms with Crippen molar-refractivity contribution in [3.63, 3.8) is 0 Å². The molecule has 2 aromatic carbocycles. The minimum absolute atomic E-state index is 0.187. The van der Waals surface area contributed by atoms with E-state index in [0.29, 0.717) is 24.6 Å². The van der Waals surface area contributed by atoms with Crippen LogP contribution in [0.25, 0.3) is 11.4 Å². The molecule has 1 aromatic heterocycles. The Hall–Kier alpha value is -3.02. The van der Waals surface area contributed by atoms with Crippen molar-refractivity contribution in [2.45, 2.75) is 19.3 Å². The maximum Gasteiger partial charge on any atom is 0.226 e. The van der Waals surface area contributed by atoms with Crippen molar-refractivity contribution in [2.24, 2.45) is 0 Å². The lowest BCUT2D eigenvalue weighted by Crippen LogP contribution is -2.12. The second kappa shape index (κ2) is 7.50. The Morgan fingerprint density at radius 2 is 1.83 bits per heavy atom. The van der Waals surface area contributed by atoms with E-state index in [1.54, 1.807) is 12.1 Å². The Labute approximate surface area is 138 Å². The molecule has 6 heteroatoms. The van der Waals surface area contributed by atoms with Crippen molar-refractivity contribution in [3.05, 3.63) is 66.3 Å². The Balaban J connectivity index is 1.49. The van der Waals surface area contributed by atoms with Crippen LogP contribution in [0.3, 0.4) is 0 Å². The highest BCUT2D eigenvalue weighted by Crippen LogP contribution is 2.16. The molecular formula is C18H16FN3O2. The van der Waals surface area contributed by atoms with Crippen LogP contribution >= 0.6 is 0 Å². The second-order valence-corrected chi connectivity index (χ2v) is 5.26. The van der Waals surface area contributed by atoms with Gasteiger partial charge in [-0.05, 0) is 18.6 Å². The Bertz CT molecular complexity index is 818. The van der Waals surface area contributed by atoms with Crippen molar-refractivity contribution in [2.75, 3.05) is 5.32 Å². The van der Waals surface area contributed by atoms with Gasteiger partial charge < -0.3 is 9.84 Å². The van der Waals surface area contributed by atoms with E-state index in [4.69, 9.17) is 4.52 Å². The van der Waals surface area contributed by atoms with Gasteiger partial charge in [0.1, 0.15) is 5.82 Å². The van der Waals surface area contributed by atoms with Crippen molar-refractivity contribution < 1.29 is 13.7 Å². The van der Waals surface area contributed by atoms with Crippen LogP contribution < -0.4 is 5.32 Å². The standard InChI is InChI=1S/C18H16FN3O2/c19-14-9-4-5-10-15(14)20-16(23)11-6-12-17-21-18(22-24-17)13-7-2-1-3-8-13/h1-5,7-10H,6,11-12H2,(H,20,23). The molecule has 24 heavy (non-hydrogen) atoms. The highest BCUT2D eigenvalue weighted by atomic mass is 19.1. The van der Waals surface area contributed by atoms with E-state index in [9.17, 15) is 9.18 Å². The summed E-state index contributed by atoms with van der Waals surface area (Å²) in [7, 11) is 0. The third-order valence-corrected chi connectivity index (χ3v) is 3.44. The normalized spacial score (nSPS) is 10.5. The first-order chi connectivity index (χ1) is 11.7. The molecule has 122 valence electrons. The van der Waals surface area contributed by atoms with Crippen LogP contribution in [0.15, 0.2) is 59.1 Å². The van der Waals surface area contributed by atoms with Gasteiger partial charge in [0.05, 0.1) is 5.69 Å². The molecule has 0 radical (unpaired) electrons. The summed E-state index contributed by atoms with van der Waals surface area (Å²) in [5.41, 5.74) is 1.07. The average Bonchev–Trinajstić information content (AvgIpc) is 3.07. The SMILES string of the molecule is O=C(CCCc1nc(-c2ccccc2)no1)Nc1ccccc1F. The summed E-state index contributed by atoms with van der Waals surface area (Å²) < 4.78 is 18.6. The van der Waals surface area contributed by atoms with E-state index < -0.39 is 5.82 Å². The van der Waals surface area contributed by atoms with E-state index in [2.05, 4.69) is 15.5 Å². The minimum Gasteiger partial charge on any atom is -0.339 e. The van der Waals surface area contributed by atoms with Crippen molar-refractivity contribution in [1.29, 1.82) is 0 Å². The number of aromatic nitrogens is 2. The van der Waals surface area contributed by atoms with Crippen LogP contribution in [0.4, 0.5) is 10.1 Å². The Morgan fingerprint density at radius 3 is 2.62 bits per heavy atom. The van der Waals surface area contributed by atoms with Gasteiger partial charge in [-0.3, -0.25) is 4.79 Å². The lowest BCUT2D eigenvalue weighted by Gasteiger charge is -2.05. The second-order valence-electron chi connectivity index (χ2n) is 5.26. The predicted octanol–water partition coefficient (Wildman–Crippen LogP) is 3.84. The zero-order valence-corrected chi connectivity index (χ0v) is 12.9. The van der Waals surface area contributed by atoms with Crippen molar-refractivity contribution >= 4 is 11.6 Å². The molecule has 0 unspecified atom stereocenters. The van der Waals surface area contributed by atoms with Gasteiger partial charge in [-0.25, -0.2) is 4.39 Å². The van der Waals surface area contributed by atoms with Crippen molar-refractivity contribution in [3.8, 4) is 11.4 Å². The maximum atomic E-state index is 13.5. The van der Waals surface area contributed by atoms with Gasteiger partial charge in [0.2, 0.25) is 17.6 Å². The van der Waals surface area contributed by atoms with Crippen LogP contribution in [0.5, 0.6) is 0 Å². The van der Waals surface area contributed by atoms with E-state index >= 15 is 0 Å². The molecule has 0 aliphatic carbocycles. The first-order valence-electron chi connectivity index (χ1n) is 7.65. The molecule has 1 heterocycles. The van der Waals surface area contributed by atoms with Crippen LogP contribution in [0.2, 0.25) is 0 Å². The topological polar surface area (TPSA) is 68.0 Å². The monoisotopic (exact) mass is 325 g/mol. The van der Waals surface area contributed by atoms with Gasteiger partial charge in [0.25, 0.3) is 0 Å². The van der Waals surface area contributed by atoms with Crippen LogP contribution in [-0.4, -0.2) is 16.0 Å². The van der Waals surface area contributed by atoms with E-state index in [-0.39, 0.29) is 18.0 Å². The number of rotatable bonds is 6. The lowest BCUT2D eigenvalue weighted by molar-refractivity contribution is -0.116. The van der Waals surface area contributed by atoms with Crippen LogP contribution in [0, 0.1) is 5.82 Å². The van der Waals surface area contributed by atoms with Crippen LogP contribution in [0.1, 0.15) is 18.7 Å². The fraction of sp³-hybridized carbons (Fsp3) is 0.167. The van der Waals surface area contributed by atoms with Gasteiger partial charge in [-0.15, -0.1) is 0 Å². The number of hydrogen-bond donors (Lipinski definition) is 1. The van der Waals surface area contributed by atoms with Gasteiger partial charge in [-0.2, -0.15) is 4.98 Å². The van der Waals surface area contributed by atoms with Crippen LogP contribution in [-0.2, 0) is 11.2 Å². The van der Waals surface area contributed by atoms with Gasteiger partial charge in [0, 0.05) is 18.4 Å². The fourth-order valence-electron chi connectivity index (χ4n) is 2.24. The van der Waals surface area contributed by atoms with Crippen molar-refractivity contribution in [1.82, 2.24) is 10.1 Å². The lowest BCUT2D eigenvalue weighted by atomic mass is 10.2. The number of carbonyl (C=O) groups excluding carboxylic acids is 1. The maximum absolute atomic E-state index is 13.5.